The fourth-order valence-electron chi connectivity index (χ4n) is 19.2. The molecule has 0 saturated heterocycles. The molecule has 14 heterocycles. The first kappa shape index (κ1) is 93.1. The lowest BCUT2D eigenvalue weighted by Crippen LogP contribution is -2.39. The van der Waals surface area contributed by atoms with Gasteiger partial charge < -0.3 is 13.2 Å². The number of hydrogen-bond donors (Lipinski definition) is 0. The highest BCUT2D eigenvalue weighted by Gasteiger charge is 2.25. The zero-order valence-corrected chi connectivity index (χ0v) is 83.6. The predicted molar refractivity (Wildman–Crippen MR) is 548 cm³/mol. The molecule has 14 nitrogen and oxygen atoms in total. The van der Waals surface area contributed by atoms with Crippen molar-refractivity contribution in [2.75, 3.05) is 0 Å². The van der Waals surface area contributed by atoms with E-state index in [2.05, 4.69) is 557 Å². The summed E-state index contributed by atoms with van der Waals surface area (Å²) in [6.07, 6.45) is 31.7. The summed E-state index contributed by atoms with van der Waals surface area (Å²) in [4.78, 5) is 0. The second-order valence-electron chi connectivity index (χ2n) is 37.2. The molecule has 0 fully saturated rings. The molecule has 0 aliphatic rings. The van der Waals surface area contributed by atoms with E-state index in [0.717, 1.165) is 0 Å². The van der Waals surface area contributed by atoms with Gasteiger partial charge in [-0.25, -0.2) is 17.9 Å². The lowest BCUT2D eigenvalue weighted by Gasteiger charge is -2.11. The Bertz CT molecular complexity index is 7470. The molecule has 0 radical (unpaired) electrons. The Labute approximate surface area is 786 Å². The number of aromatic nitrogens is 14. The van der Waals surface area contributed by atoms with Crippen molar-refractivity contribution >= 4 is 38.7 Å². The molecule has 133 heavy (non-hydrogen) atoms. The molecule has 0 aliphatic heterocycles. The monoisotopic (exact) mass is 1760 g/mol. The predicted octanol–water partition coefficient (Wildman–Crippen LogP) is 23.5. The molecule has 7 aromatic carbocycles. The van der Waals surface area contributed by atoms with Crippen LogP contribution in [0, 0.1) is 145 Å². The molecule has 0 bridgehead atoms. The molecular formula is C119H133N14+7. The minimum Gasteiger partial charge on any atom is -0.312 e. The van der Waals surface area contributed by atoms with E-state index in [4.69, 9.17) is 0 Å². The van der Waals surface area contributed by atoms with Crippen LogP contribution >= 0.6 is 0 Å². The van der Waals surface area contributed by atoms with Crippen LogP contribution in [-0.2, 0) is 49.3 Å². The summed E-state index contributed by atoms with van der Waals surface area (Å²) < 4.78 is 30.6. The topological polar surface area (TPSA) is 58.0 Å². The van der Waals surface area contributed by atoms with E-state index in [-0.39, 0.29) is 0 Å². The maximum Gasteiger partial charge on any atom is 0.286 e. The molecule has 0 N–H and O–H groups in total. The Balaban J connectivity index is 0.000000118. The third-order valence-corrected chi connectivity index (χ3v) is 27.2. The number of aryl methyl sites for hydroxylation is 21. The van der Waals surface area contributed by atoms with Crippen LogP contribution in [0.1, 0.15) is 117 Å². The normalized spacial score (nSPS) is 11.2. The summed E-state index contributed by atoms with van der Waals surface area (Å²) in [5.74, 6) is 0. The maximum atomic E-state index is 2.28. The second-order valence-corrected chi connectivity index (χ2v) is 37.2. The molecule has 0 aliphatic carbocycles. The van der Waals surface area contributed by atoms with E-state index in [1.807, 2.05) is 0 Å². The van der Waals surface area contributed by atoms with E-state index >= 15 is 0 Å². The van der Waals surface area contributed by atoms with Crippen LogP contribution in [0.3, 0.4) is 0 Å². The van der Waals surface area contributed by atoms with Crippen LogP contribution in [-0.4, -0.2) is 31.0 Å². The highest BCUT2D eigenvalue weighted by molar-refractivity contribution is 5.80. The third kappa shape index (κ3) is 19.3. The zero-order chi connectivity index (χ0) is 95.0. The molecule has 0 unspecified atom stereocenters. The SMILES string of the molecule is Cc1cc(C)c(C)c(-c2c3cccn3cc[n+]2C)c1.Cc1cc(C)c(C)c(-c2c3cccn3cc[n+]2C)c1.Cc1cc(C)c(C)c(-c2cc3cccn3c[n+]2C)c1.Cc1cc(C)c(C)c(-c2ccc3cccn3[n+]2C)c1.Cc1cc(C)c(C)c(-c2cccc3cc[n+](C)n23)c1.Cc1cc(C)c(C)c(-c2ccn3cccc3[n+]2C)c1.Cc1cc(C)c(C)c(-c2cn3cccc3c[n+]2C)c1. The van der Waals surface area contributed by atoms with Gasteiger partial charge in [-0.3, -0.25) is 0 Å². The zero-order valence-electron chi connectivity index (χ0n) is 83.6. The van der Waals surface area contributed by atoms with Crippen LogP contribution < -0.4 is 32.2 Å². The van der Waals surface area contributed by atoms with Crippen LogP contribution in [0.5, 0.6) is 0 Å². The van der Waals surface area contributed by atoms with Gasteiger partial charge in [0.2, 0.25) is 29.1 Å². The van der Waals surface area contributed by atoms with Crippen molar-refractivity contribution in [2.24, 2.45) is 49.3 Å². The Morgan fingerprint density at radius 1 is 0.241 bits per heavy atom. The smallest absolute Gasteiger partial charge is 0.286 e. The number of rotatable bonds is 7. The Hall–Kier alpha value is -14.6. The quantitative estimate of drug-likeness (QED) is 0.143. The van der Waals surface area contributed by atoms with Crippen molar-refractivity contribution < 1.29 is 32.2 Å². The first-order chi connectivity index (χ1) is 63.5. The van der Waals surface area contributed by atoms with Gasteiger partial charge in [0.15, 0.2) is 38.9 Å². The average Bonchev–Trinajstić information content (AvgIpc) is 1.78. The fraction of sp³-hybridized carbons (Fsp3) is 0.235. The standard InChI is InChI=1S/7C17H19N2/c1-12-10-13(2)14(3)16(11-12)17-8-7-15-6-5-9-19(15)18(17)4;1-12-10-13(2)14(3)15(11-12)16-7-9-19-8-5-6-17(19)18(16)4;1-12-8-13(2)14(3)16(9-12)17-11-19-7-5-6-15(19)10-18(17)4;1-12-8-13(2)14(3)16(9-12)17-10-15-6-5-7-19(15)11-18(17)4;2*1-12-10-13(2)14(3)15(11-12)17-16-6-5-7-19(16)9-8-18(17)4;1-12-10-13(2)14(3)16(11-12)17-7-5-6-15-8-9-18(4)19(15)17/h7*5-11H,1-4H3/q7*+1. The van der Waals surface area contributed by atoms with Crippen molar-refractivity contribution in [1.29, 1.82) is 0 Å². The van der Waals surface area contributed by atoms with Gasteiger partial charge in [-0.1, -0.05) is 87.5 Å². The fourth-order valence-corrected chi connectivity index (χ4v) is 19.2. The highest BCUT2D eigenvalue weighted by atomic mass is 15.3. The van der Waals surface area contributed by atoms with Gasteiger partial charge >= 0.3 is 0 Å². The molecule has 21 aromatic rings. The molecular weight excluding hydrogens is 1630 g/mol. The first-order valence-electron chi connectivity index (χ1n) is 46.3. The second kappa shape index (κ2) is 38.8. The summed E-state index contributed by atoms with van der Waals surface area (Å²) in [5.41, 5.74) is 54.7. The molecule has 0 amide bonds. The van der Waals surface area contributed by atoms with Gasteiger partial charge in [-0.2, -0.15) is 13.7 Å². The Kier molecular flexibility index (Phi) is 27.2. The minimum absolute atomic E-state index is 1.20. The molecule has 672 valence electrons. The lowest BCUT2D eigenvalue weighted by molar-refractivity contribution is -0.736. The summed E-state index contributed by atoms with van der Waals surface area (Å²) in [5, 5.41) is 0. The number of hydrogen-bond acceptors (Lipinski definition) is 0. The van der Waals surface area contributed by atoms with Crippen LogP contribution in [0.15, 0.2) is 299 Å². The summed E-state index contributed by atoms with van der Waals surface area (Å²) >= 11 is 0. The molecule has 0 atom stereocenters. The van der Waals surface area contributed by atoms with E-state index < -0.39 is 0 Å². The lowest BCUT2D eigenvalue weighted by atomic mass is 9.97. The molecule has 0 spiro atoms. The van der Waals surface area contributed by atoms with Gasteiger partial charge in [-0.05, 0) is 351 Å². The van der Waals surface area contributed by atoms with Gasteiger partial charge in [0.25, 0.3) is 5.65 Å². The van der Waals surface area contributed by atoms with Crippen molar-refractivity contribution in [1.82, 2.24) is 31.0 Å². The highest BCUT2D eigenvalue weighted by Crippen LogP contribution is 2.35. The summed E-state index contributed by atoms with van der Waals surface area (Å²) in [6, 6.07) is 74.4. The molecule has 14 heteroatoms. The number of pyridine rings is 1. The third-order valence-electron chi connectivity index (χ3n) is 27.2. The Morgan fingerprint density at radius 2 is 0.632 bits per heavy atom. The van der Waals surface area contributed by atoms with Gasteiger partial charge in [0.05, 0.1) is 73.5 Å². The van der Waals surface area contributed by atoms with Gasteiger partial charge in [0, 0.05) is 65.6 Å². The van der Waals surface area contributed by atoms with Crippen LogP contribution in [0.2, 0.25) is 0 Å². The summed E-state index contributed by atoms with van der Waals surface area (Å²) in [7, 11) is 14.7. The average molecular weight is 1760 g/mol. The first-order valence-corrected chi connectivity index (χ1v) is 46.3. The van der Waals surface area contributed by atoms with Crippen molar-refractivity contribution in [3.8, 4) is 78.8 Å². The van der Waals surface area contributed by atoms with Crippen LogP contribution in [0.4, 0.5) is 0 Å². The minimum atomic E-state index is 1.20. The number of fused-ring (bicyclic) bond motifs is 7. The van der Waals surface area contributed by atoms with Gasteiger partial charge in [-0.15, -0.1) is 18.4 Å². The molecule has 0 saturated carbocycles. The van der Waals surface area contributed by atoms with E-state index in [0.29, 0.717) is 0 Å². The molecule has 21 rings (SSSR count). The maximum absolute atomic E-state index is 2.28. The largest absolute Gasteiger partial charge is 0.312 e. The molecule has 14 aromatic heterocycles. The van der Waals surface area contributed by atoms with Crippen molar-refractivity contribution in [2.45, 2.75) is 145 Å². The van der Waals surface area contributed by atoms with E-state index in [9.17, 15) is 0 Å². The van der Waals surface area contributed by atoms with E-state index in [1.165, 1.54) is 234 Å². The summed E-state index contributed by atoms with van der Waals surface area (Å²) in [6.45, 7) is 45.8. The van der Waals surface area contributed by atoms with Gasteiger partial charge in [0.1, 0.15) is 77.5 Å². The number of nitrogens with zero attached hydrogens (tertiary/aromatic N) is 14. The van der Waals surface area contributed by atoms with Crippen molar-refractivity contribution in [3.63, 3.8) is 0 Å². The van der Waals surface area contributed by atoms with E-state index in [1.54, 1.807) is 0 Å². The Morgan fingerprint density at radius 3 is 1.14 bits per heavy atom. The van der Waals surface area contributed by atoms with Crippen LogP contribution in [0.25, 0.3) is 118 Å². The van der Waals surface area contributed by atoms with Crippen molar-refractivity contribution in [3.05, 3.63) is 416 Å². The number of benzene rings is 7.